The van der Waals surface area contributed by atoms with E-state index in [0.717, 1.165) is 12.8 Å². The van der Waals surface area contributed by atoms with Gasteiger partial charge in [0.1, 0.15) is 0 Å². The molecule has 0 aliphatic rings. The molecule has 120 valence electrons. The number of unbranched alkanes of at least 4 members (excludes halogenated alkanes) is 9. The zero-order valence-corrected chi connectivity index (χ0v) is 15.1. The summed E-state index contributed by atoms with van der Waals surface area (Å²) in [6.45, 7) is 4.91. The van der Waals surface area contributed by atoms with Crippen LogP contribution in [-0.2, 0) is 9.53 Å². The van der Waals surface area contributed by atoms with E-state index in [9.17, 15) is 4.79 Å². The highest BCUT2D eigenvalue weighted by atomic mass is 79.9. The van der Waals surface area contributed by atoms with Gasteiger partial charge >= 0.3 is 5.97 Å². The van der Waals surface area contributed by atoms with Crippen LogP contribution in [-0.4, -0.2) is 17.4 Å². The molecular weight excluding hydrogens is 316 g/mol. The minimum absolute atomic E-state index is 0.0489. The van der Waals surface area contributed by atoms with Gasteiger partial charge in [0.15, 0.2) is 0 Å². The van der Waals surface area contributed by atoms with Crippen molar-refractivity contribution in [3.8, 4) is 0 Å². The van der Waals surface area contributed by atoms with Crippen LogP contribution in [0.1, 0.15) is 90.9 Å². The number of hydrogen-bond donors (Lipinski definition) is 0. The van der Waals surface area contributed by atoms with Crippen molar-refractivity contribution < 1.29 is 9.53 Å². The third-order valence-electron chi connectivity index (χ3n) is 3.51. The summed E-state index contributed by atoms with van der Waals surface area (Å²) >= 11 is 3.43. The Hall–Kier alpha value is -0.0500. The molecule has 0 spiro atoms. The summed E-state index contributed by atoms with van der Waals surface area (Å²) in [5.74, 6) is -0.0489. The van der Waals surface area contributed by atoms with Crippen LogP contribution in [0.5, 0.6) is 0 Å². The third kappa shape index (κ3) is 16.0. The molecule has 0 fully saturated rings. The number of carbonyl (C=O) groups excluding carboxylic acids is 1. The maximum absolute atomic E-state index is 11.4. The first-order valence-corrected chi connectivity index (χ1v) is 9.38. The molecule has 0 aromatic carbocycles. The Kier molecular flexibility index (Phi) is 15.3. The lowest BCUT2D eigenvalue weighted by Crippen LogP contribution is -2.07. The molecule has 1 unspecified atom stereocenters. The Morgan fingerprint density at radius 1 is 0.950 bits per heavy atom. The highest BCUT2D eigenvalue weighted by Crippen LogP contribution is 2.11. The molecule has 0 N–H and O–H groups in total. The number of esters is 1. The zero-order chi connectivity index (χ0) is 15.1. The smallest absolute Gasteiger partial charge is 0.305 e. The maximum atomic E-state index is 11.4. The molecule has 0 aromatic heterocycles. The molecule has 0 heterocycles. The number of halogens is 1. The quantitative estimate of drug-likeness (QED) is 0.218. The fraction of sp³-hybridized carbons (Fsp3) is 0.941. The predicted molar refractivity (Wildman–Crippen MR) is 90.4 cm³/mol. The van der Waals surface area contributed by atoms with Crippen molar-refractivity contribution in [2.45, 2.75) is 95.7 Å². The topological polar surface area (TPSA) is 26.3 Å². The van der Waals surface area contributed by atoms with E-state index in [1.165, 1.54) is 57.8 Å². The molecule has 0 aliphatic heterocycles. The largest absolute Gasteiger partial charge is 0.466 e. The van der Waals surface area contributed by atoms with E-state index in [2.05, 4.69) is 29.8 Å². The molecule has 0 saturated heterocycles. The van der Waals surface area contributed by atoms with Crippen LogP contribution in [0.15, 0.2) is 0 Å². The van der Waals surface area contributed by atoms with Gasteiger partial charge in [-0.2, -0.15) is 0 Å². The molecule has 2 nitrogen and oxygen atoms in total. The molecule has 0 rings (SSSR count). The van der Waals surface area contributed by atoms with Crippen LogP contribution in [0.2, 0.25) is 0 Å². The number of carbonyl (C=O) groups is 1. The van der Waals surface area contributed by atoms with Gasteiger partial charge in [0.05, 0.1) is 6.61 Å². The highest BCUT2D eigenvalue weighted by Gasteiger charge is 2.04. The molecule has 0 saturated carbocycles. The molecular formula is C17H33BrO2. The molecule has 0 bridgehead atoms. The Bertz CT molecular complexity index is 217. The van der Waals surface area contributed by atoms with Crippen molar-refractivity contribution in [1.82, 2.24) is 0 Å². The van der Waals surface area contributed by atoms with Gasteiger partial charge in [0.2, 0.25) is 0 Å². The summed E-state index contributed by atoms with van der Waals surface area (Å²) in [4.78, 5) is 11.8. The van der Waals surface area contributed by atoms with E-state index in [4.69, 9.17) is 4.74 Å². The normalized spacial score (nSPS) is 12.3. The van der Waals surface area contributed by atoms with E-state index >= 15 is 0 Å². The first-order chi connectivity index (χ1) is 9.66. The average Bonchev–Trinajstić information content (AvgIpc) is 2.42. The van der Waals surface area contributed by atoms with Crippen LogP contribution < -0.4 is 0 Å². The summed E-state index contributed by atoms with van der Waals surface area (Å²) in [5.41, 5.74) is 0. The zero-order valence-electron chi connectivity index (χ0n) is 13.5. The van der Waals surface area contributed by atoms with Gasteiger partial charge in [-0.25, -0.2) is 0 Å². The van der Waals surface area contributed by atoms with Gasteiger partial charge in [-0.3, -0.25) is 4.79 Å². The molecule has 3 heteroatoms. The van der Waals surface area contributed by atoms with Crippen molar-refractivity contribution in [2.75, 3.05) is 6.61 Å². The highest BCUT2D eigenvalue weighted by molar-refractivity contribution is 9.09. The summed E-state index contributed by atoms with van der Waals surface area (Å²) in [5, 5.41) is 0. The summed E-state index contributed by atoms with van der Waals surface area (Å²) in [6, 6.07) is 0. The van der Waals surface area contributed by atoms with Crippen molar-refractivity contribution >= 4 is 21.9 Å². The van der Waals surface area contributed by atoms with Crippen LogP contribution in [0.4, 0.5) is 0 Å². The third-order valence-corrected chi connectivity index (χ3v) is 3.97. The fourth-order valence-electron chi connectivity index (χ4n) is 2.16. The van der Waals surface area contributed by atoms with Gasteiger partial charge in [0, 0.05) is 11.2 Å². The SMILES string of the molecule is CCCCCCCCCCCCOC(=O)CCC(C)Br. The van der Waals surface area contributed by atoms with Gasteiger partial charge in [0.25, 0.3) is 0 Å². The first kappa shape index (κ1) is 19.9. The maximum Gasteiger partial charge on any atom is 0.305 e. The van der Waals surface area contributed by atoms with Crippen LogP contribution in [0, 0.1) is 0 Å². The Morgan fingerprint density at radius 2 is 1.45 bits per heavy atom. The molecule has 0 aromatic rings. The molecule has 20 heavy (non-hydrogen) atoms. The summed E-state index contributed by atoms with van der Waals surface area (Å²) < 4.78 is 5.20. The van der Waals surface area contributed by atoms with Gasteiger partial charge in [-0.05, 0) is 12.8 Å². The number of alkyl halides is 1. The van der Waals surface area contributed by atoms with Crippen molar-refractivity contribution in [3.63, 3.8) is 0 Å². The monoisotopic (exact) mass is 348 g/mol. The van der Waals surface area contributed by atoms with E-state index in [0.29, 0.717) is 17.9 Å². The fourth-order valence-corrected chi connectivity index (χ4v) is 2.39. The second kappa shape index (κ2) is 15.3. The Balaban J connectivity index is 3.11. The minimum atomic E-state index is -0.0489. The van der Waals surface area contributed by atoms with Crippen LogP contribution in [0.3, 0.4) is 0 Å². The summed E-state index contributed by atoms with van der Waals surface area (Å²) in [7, 11) is 0. The van der Waals surface area contributed by atoms with Crippen LogP contribution in [0.25, 0.3) is 0 Å². The number of rotatable bonds is 14. The first-order valence-electron chi connectivity index (χ1n) is 8.46. The molecule has 0 radical (unpaired) electrons. The Labute approximate surface area is 134 Å². The van der Waals surface area contributed by atoms with E-state index in [1.807, 2.05) is 0 Å². The standard InChI is InChI=1S/C17H33BrO2/c1-3-4-5-6-7-8-9-10-11-12-15-20-17(19)14-13-16(2)18/h16H,3-15H2,1-2H3. The Morgan fingerprint density at radius 3 is 1.95 bits per heavy atom. The molecule has 1 atom stereocenters. The van der Waals surface area contributed by atoms with Gasteiger partial charge in [-0.1, -0.05) is 87.6 Å². The lowest BCUT2D eigenvalue weighted by molar-refractivity contribution is -0.143. The number of hydrogen-bond acceptors (Lipinski definition) is 2. The van der Waals surface area contributed by atoms with Gasteiger partial charge < -0.3 is 4.74 Å². The van der Waals surface area contributed by atoms with Crippen molar-refractivity contribution in [2.24, 2.45) is 0 Å². The predicted octanol–water partition coefficient (Wildman–Crippen LogP) is 6.01. The van der Waals surface area contributed by atoms with Crippen molar-refractivity contribution in [3.05, 3.63) is 0 Å². The second-order valence-corrected chi connectivity index (χ2v) is 7.29. The lowest BCUT2D eigenvalue weighted by Gasteiger charge is -2.06. The second-order valence-electron chi connectivity index (χ2n) is 5.72. The molecule has 0 amide bonds. The van der Waals surface area contributed by atoms with E-state index < -0.39 is 0 Å². The molecule has 0 aliphatic carbocycles. The van der Waals surface area contributed by atoms with Crippen molar-refractivity contribution in [1.29, 1.82) is 0 Å². The van der Waals surface area contributed by atoms with Crippen LogP contribution >= 0.6 is 15.9 Å². The lowest BCUT2D eigenvalue weighted by atomic mass is 10.1. The summed E-state index contributed by atoms with van der Waals surface area (Å²) in [6.07, 6.45) is 14.5. The number of ether oxygens (including phenoxy) is 1. The minimum Gasteiger partial charge on any atom is -0.466 e. The van der Waals surface area contributed by atoms with E-state index in [1.54, 1.807) is 0 Å². The van der Waals surface area contributed by atoms with Gasteiger partial charge in [-0.15, -0.1) is 0 Å². The average molecular weight is 349 g/mol. The van der Waals surface area contributed by atoms with E-state index in [-0.39, 0.29) is 5.97 Å².